The summed E-state index contributed by atoms with van der Waals surface area (Å²) in [5, 5.41) is 0. The number of hydrogen-bond acceptors (Lipinski definition) is 9. The number of nitrogens with zero attached hydrogens (tertiary/aromatic N) is 2. The Balaban J connectivity index is 1.38. The minimum absolute atomic E-state index is 0.00415. The molecule has 0 spiro atoms. The lowest BCUT2D eigenvalue weighted by Gasteiger charge is -2.24. The van der Waals surface area contributed by atoms with Crippen molar-refractivity contribution in [1.29, 1.82) is 0 Å². The largest absolute Gasteiger partial charge is 0.458 e. The SMILES string of the molecule is C=CCOC(=O)C1=C(C)N=c2s/c(=C/c3cccc(Oc4ccccc4)c3)c(=O)n2[C@H]1c1ccc(OC(=O)c2ccco2)cc1. The van der Waals surface area contributed by atoms with Crippen LogP contribution in [0.15, 0.2) is 135 Å². The van der Waals surface area contributed by atoms with Crippen LogP contribution in [0.2, 0.25) is 0 Å². The van der Waals surface area contributed by atoms with Crippen molar-refractivity contribution in [3.05, 3.63) is 158 Å². The molecule has 1 aliphatic heterocycles. The van der Waals surface area contributed by atoms with Gasteiger partial charge in [0.1, 0.15) is 23.9 Å². The monoisotopic (exact) mass is 618 g/mol. The predicted octanol–water partition coefficient (Wildman–Crippen LogP) is 5.57. The Bertz CT molecular complexity index is 2090. The molecule has 0 radical (unpaired) electrons. The first kappa shape index (κ1) is 29.3. The quantitative estimate of drug-likeness (QED) is 0.121. The topological polar surface area (TPSA) is 109 Å². The van der Waals surface area contributed by atoms with E-state index in [0.29, 0.717) is 32.1 Å². The second-order valence-electron chi connectivity index (χ2n) is 9.89. The van der Waals surface area contributed by atoms with Gasteiger partial charge in [-0.05, 0) is 72.7 Å². The number of aromatic nitrogens is 1. The van der Waals surface area contributed by atoms with Crippen LogP contribution in [0, 0.1) is 0 Å². The van der Waals surface area contributed by atoms with Gasteiger partial charge in [0.25, 0.3) is 5.56 Å². The number of fused-ring (bicyclic) bond motifs is 1. The third-order valence-corrected chi connectivity index (χ3v) is 7.82. The van der Waals surface area contributed by atoms with Gasteiger partial charge in [0.2, 0.25) is 5.76 Å². The highest BCUT2D eigenvalue weighted by Crippen LogP contribution is 2.32. The first-order chi connectivity index (χ1) is 21.9. The zero-order valence-electron chi connectivity index (χ0n) is 24.0. The van der Waals surface area contributed by atoms with Gasteiger partial charge < -0.3 is 18.6 Å². The zero-order chi connectivity index (χ0) is 31.3. The number of para-hydroxylation sites is 1. The van der Waals surface area contributed by atoms with Gasteiger partial charge in [0.15, 0.2) is 4.80 Å². The fraction of sp³-hybridized carbons (Fsp3) is 0.0857. The lowest BCUT2D eigenvalue weighted by molar-refractivity contribution is -0.138. The number of allylic oxidation sites excluding steroid dienone is 1. The molecule has 0 saturated carbocycles. The molecular weight excluding hydrogens is 592 g/mol. The summed E-state index contributed by atoms with van der Waals surface area (Å²) in [5.41, 5.74) is 1.67. The van der Waals surface area contributed by atoms with Crippen LogP contribution in [0.5, 0.6) is 17.2 Å². The molecule has 1 aliphatic rings. The maximum Gasteiger partial charge on any atom is 0.379 e. The number of hydrogen-bond donors (Lipinski definition) is 0. The molecule has 3 heterocycles. The van der Waals surface area contributed by atoms with E-state index in [4.69, 9.17) is 18.6 Å². The van der Waals surface area contributed by atoms with E-state index in [0.717, 1.165) is 5.56 Å². The van der Waals surface area contributed by atoms with Crippen LogP contribution in [0.25, 0.3) is 6.08 Å². The molecule has 10 heteroatoms. The smallest absolute Gasteiger partial charge is 0.379 e. The van der Waals surface area contributed by atoms with Crippen molar-refractivity contribution in [2.45, 2.75) is 13.0 Å². The summed E-state index contributed by atoms with van der Waals surface area (Å²) in [6.07, 6.45) is 4.62. The summed E-state index contributed by atoms with van der Waals surface area (Å²) >= 11 is 1.22. The molecule has 6 rings (SSSR count). The lowest BCUT2D eigenvalue weighted by atomic mass is 9.96. The second-order valence-corrected chi connectivity index (χ2v) is 10.9. The van der Waals surface area contributed by atoms with Gasteiger partial charge in [-0.2, -0.15) is 0 Å². The van der Waals surface area contributed by atoms with E-state index in [-0.39, 0.29) is 29.2 Å². The van der Waals surface area contributed by atoms with Crippen LogP contribution in [-0.2, 0) is 9.53 Å². The van der Waals surface area contributed by atoms with Crippen LogP contribution < -0.4 is 24.4 Å². The molecule has 0 saturated heterocycles. The van der Waals surface area contributed by atoms with E-state index >= 15 is 0 Å². The Morgan fingerprint density at radius 1 is 0.956 bits per heavy atom. The lowest BCUT2D eigenvalue weighted by Crippen LogP contribution is -2.39. The van der Waals surface area contributed by atoms with Crippen LogP contribution in [-0.4, -0.2) is 23.1 Å². The third-order valence-electron chi connectivity index (χ3n) is 6.84. The highest BCUT2D eigenvalue weighted by molar-refractivity contribution is 7.07. The molecule has 0 unspecified atom stereocenters. The van der Waals surface area contributed by atoms with Crippen LogP contribution >= 0.6 is 11.3 Å². The van der Waals surface area contributed by atoms with Crippen molar-refractivity contribution in [2.75, 3.05) is 6.61 Å². The average Bonchev–Trinajstić information content (AvgIpc) is 3.69. The standard InChI is InChI=1S/C35H26N2O7S/c1-3-18-42-34(40)30-22(2)36-35-37(31(30)24-14-16-26(17-15-24)44-33(39)28-13-8-19-41-28)32(38)29(45-35)21-23-9-7-12-27(20-23)43-25-10-5-4-6-11-25/h3-17,19-21,31H,1,18H2,2H3/b29-21+/t31-/m0/s1. The van der Waals surface area contributed by atoms with E-state index in [2.05, 4.69) is 11.6 Å². The van der Waals surface area contributed by atoms with Gasteiger partial charge >= 0.3 is 11.9 Å². The Hall–Kier alpha value is -5.74. The number of carbonyl (C=O) groups is 2. The molecule has 2 aromatic heterocycles. The molecule has 224 valence electrons. The highest BCUT2D eigenvalue weighted by atomic mass is 32.1. The number of benzene rings is 3. The number of furan rings is 1. The normalized spacial score (nSPS) is 14.3. The van der Waals surface area contributed by atoms with Gasteiger partial charge in [-0.1, -0.05) is 66.5 Å². The Morgan fingerprint density at radius 3 is 2.47 bits per heavy atom. The Morgan fingerprint density at radius 2 is 1.73 bits per heavy atom. The average molecular weight is 619 g/mol. The van der Waals surface area contributed by atoms with Gasteiger partial charge in [0, 0.05) is 0 Å². The van der Waals surface area contributed by atoms with Crippen molar-refractivity contribution in [2.24, 2.45) is 4.99 Å². The third kappa shape index (κ3) is 6.31. The van der Waals surface area contributed by atoms with Crippen LogP contribution in [0.3, 0.4) is 0 Å². The fourth-order valence-electron chi connectivity index (χ4n) is 4.82. The summed E-state index contributed by atoms with van der Waals surface area (Å²) in [7, 11) is 0. The molecule has 9 nitrogen and oxygen atoms in total. The zero-order valence-corrected chi connectivity index (χ0v) is 24.9. The van der Waals surface area contributed by atoms with E-state index < -0.39 is 18.0 Å². The van der Waals surface area contributed by atoms with Crippen molar-refractivity contribution in [3.63, 3.8) is 0 Å². The number of carbonyl (C=O) groups excluding carboxylic acids is 2. The van der Waals surface area contributed by atoms with Crippen LogP contribution in [0.4, 0.5) is 0 Å². The molecule has 0 aliphatic carbocycles. The van der Waals surface area contributed by atoms with Gasteiger partial charge in [0.05, 0.1) is 28.1 Å². The summed E-state index contributed by atoms with van der Waals surface area (Å²) < 4.78 is 23.8. The summed E-state index contributed by atoms with van der Waals surface area (Å²) in [5.74, 6) is 0.382. The number of thiazole rings is 1. The molecule has 0 amide bonds. The molecule has 45 heavy (non-hydrogen) atoms. The molecule has 0 bridgehead atoms. The van der Waals surface area contributed by atoms with Crippen molar-refractivity contribution >= 4 is 29.4 Å². The highest BCUT2D eigenvalue weighted by Gasteiger charge is 2.33. The molecule has 5 aromatic rings. The maximum atomic E-state index is 14.0. The second kappa shape index (κ2) is 12.9. The van der Waals surface area contributed by atoms with Gasteiger partial charge in [-0.15, -0.1) is 0 Å². The summed E-state index contributed by atoms with van der Waals surface area (Å²) in [6.45, 7) is 5.32. The van der Waals surface area contributed by atoms with Crippen molar-refractivity contribution in [1.82, 2.24) is 4.57 Å². The van der Waals surface area contributed by atoms with Crippen LogP contribution in [0.1, 0.15) is 34.6 Å². The van der Waals surface area contributed by atoms with Crippen molar-refractivity contribution < 1.29 is 28.2 Å². The summed E-state index contributed by atoms with van der Waals surface area (Å²) in [6, 6.07) is 25.6. The fourth-order valence-corrected chi connectivity index (χ4v) is 5.87. The molecule has 1 atom stereocenters. The minimum atomic E-state index is -0.844. The summed E-state index contributed by atoms with van der Waals surface area (Å²) in [4.78, 5) is 44.7. The number of esters is 2. The molecule has 0 N–H and O–H groups in total. The van der Waals surface area contributed by atoms with Crippen molar-refractivity contribution in [3.8, 4) is 17.2 Å². The van der Waals surface area contributed by atoms with E-state index in [1.54, 1.807) is 43.3 Å². The maximum absolute atomic E-state index is 14.0. The van der Waals surface area contributed by atoms with E-state index in [9.17, 15) is 14.4 Å². The molecule has 0 fully saturated rings. The van der Waals surface area contributed by atoms with E-state index in [1.807, 2.05) is 54.6 Å². The first-order valence-corrected chi connectivity index (χ1v) is 14.7. The first-order valence-electron chi connectivity index (χ1n) is 13.9. The molecular formula is C35H26N2O7S. The Kier molecular flexibility index (Phi) is 8.39. The van der Waals surface area contributed by atoms with E-state index in [1.165, 1.54) is 34.3 Å². The van der Waals surface area contributed by atoms with Gasteiger partial charge in [-0.3, -0.25) is 9.36 Å². The minimum Gasteiger partial charge on any atom is -0.458 e. The predicted molar refractivity (Wildman–Crippen MR) is 168 cm³/mol. The Labute approximate surface area is 261 Å². The molecule has 3 aromatic carbocycles. The number of ether oxygens (including phenoxy) is 3. The van der Waals surface area contributed by atoms with Gasteiger partial charge in [-0.25, -0.2) is 14.6 Å². The number of rotatable bonds is 9.